The Morgan fingerprint density at radius 1 is 1.36 bits per heavy atom. The van der Waals surface area contributed by atoms with E-state index in [1.165, 1.54) is 0 Å². The van der Waals surface area contributed by atoms with E-state index in [-0.39, 0.29) is 6.10 Å². The second kappa shape index (κ2) is 4.75. The number of nitrogens with one attached hydrogen (secondary N) is 1. The third-order valence-electron chi connectivity index (χ3n) is 2.21. The Kier molecular flexibility index (Phi) is 3.90. The van der Waals surface area contributed by atoms with Crippen molar-refractivity contribution in [2.45, 2.75) is 37.8 Å². The standard InChI is InChI=1S/C7H16BNO2/c1-11-8-9-6-2-4-7(10)5-3-6/h6-10H,2-5H2,1H3/t6-,7+. The van der Waals surface area contributed by atoms with Gasteiger partial charge in [0.05, 0.1) is 6.10 Å². The number of hydrogen-bond acceptors (Lipinski definition) is 3. The van der Waals surface area contributed by atoms with Gasteiger partial charge in [-0.25, -0.2) is 0 Å². The molecule has 0 aliphatic heterocycles. The Labute approximate surface area is 68.4 Å². The molecule has 0 amide bonds. The van der Waals surface area contributed by atoms with Crippen LogP contribution >= 0.6 is 0 Å². The van der Waals surface area contributed by atoms with Crippen LogP contribution in [0.3, 0.4) is 0 Å². The highest BCUT2D eigenvalue weighted by Crippen LogP contribution is 2.17. The van der Waals surface area contributed by atoms with Crippen molar-refractivity contribution in [2.75, 3.05) is 7.11 Å². The SMILES string of the molecule is COBN[C@H]1CC[C@@H](O)CC1. The molecule has 0 radical (unpaired) electrons. The topological polar surface area (TPSA) is 41.5 Å². The second-order valence-corrected chi connectivity index (χ2v) is 3.14. The van der Waals surface area contributed by atoms with Crippen LogP contribution in [0.5, 0.6) is 0 Å². The molecule has 0 bridgehead atoms. The van der Waals surface area contributed by atoms with E-state index in [4.69, 9.17) is 4.65 Å². The van der Waals surface area contributed by atoms with Crippen LogP contribution in [0.2, 0.25) is 0 Å². The van der Waals surface area contributed by atoms with Gasteiger partial charge in [-0.05, 0) is 31.7 Å². The normalized spacial score (nSPS) is 31.8. The van der Waals surface area contributed by atoms with Gasteiger partial charge in [0.25, 0.3) is 0 Å². The Bertz CT molecular complexity index is 102. The minimum atomic E-state index is -0.0596. The van der Waals surface area contributed by atoms with Gasteiger partial charge >= 0.3 is 7.62 Å². The largest absolute Gasteiger partial charge is 0.427 e. The summed E-state index contributed by atoms with van der Waals surface area (Å²) in [6.45, 7) is 0. The zero-order chi connectivity index (χ0) is 8.10. The molecular formula is C7H16BNO2. The molecule has 1 aliphatic carbocycles. The van der Waals surface area contributed by atoms with Gasteiger partial charge in [-0.2, -0.15) is 0 Å². The number of aliphatic hydroxyl groups is 1. The van der Waals surface area contributed by atoms with Crippen molar-refractivity contribution in [3.63, 3.8) is 0 Å². The molecule has 0 heterocycles. The molecule has 3 nitrogen and oxygen atoms in total. The van der Waals surface area contributed by atoms with Crippen molar-refractivity contribution in [1.82, 2.24) is 5.23 Å². The molecule has 2 N–H and O–H groups in total. The fourth-order valence-electron chi connectivity index (χ4n) is 1.48. The van der Waals surface area contributed by atoms with Gasteiger partial charge in [-0.1, -0.05) is 0 Å². The van der Waals surface area contributed by atoms with Crippen molar-refractivity contribution in [3.8, 4) is 0 Å². The Morgan fingerprint density at radius 2 is 2.00 bits per heavy atom. The lowest BCUT2D eigenvalue weighted by Gasteiger charge is -2.25. The molecule has 0 aromatic rings. The molecular weight excluding hydrogens is 141 g/mol. The van der Waals surface area contributed by atoms with Crippen LogP contribution in [-0.4, -0.2) is 32.0 Å². The zero-order valence-electron chi connectivity index (χ0n) is 7.05. The highest BCUT2D eigenvalue weighted by atomic mass is 16.4. The van der Waals surface area contributed by atoms with Crippen LogP contribution < -0.4 is 5.23 Å². The minimum Gasteiger partial charge on any atom is -0.427 e. The summed E-state index contributed by atoms with van der Waals surface area (Å²) in [4.78, 5) is 0. The summed E-state index contributed by atoms with van der Waals surface area (Å²) in [5.74, 6) is 0. The molecule has 11 heavy (non-hydrogen) atoms. The summed E-state index contributed by atoms with van der Waals surface area (Å²) in [6, 6.07) is 0.554. The third-order valence-corrected chi connectivity index (χ3v) is 2.21. The molecule has 1 rings (SSSR count). The van der Waals surface area contributed by atoms with E-state index >= 15 is 0 Å². The molecule has 1 aliphatic rings. The monoisotopic (exact) mass is 157 g/mol. The van der Waals surface area contributed by atoms with Crippen molar-refractivity contribution in [3.05, 3.63) is 0 Å². The lowest BCUT2D eigenvalue weighted by Crippen LogP contribution is -2.37. The summed E-state index contributed by atoms with van der Waals surface area (Å²) in [5.41, 5.74) is 0. The van der Waals surface area contributed by atoms with Crippen LogP contribution in [0.15, 0.2) is 0 Å². The molecule has 0 spiro atoms. The van der Waals surface area contributed by atoms with Gasteiger partial charge in [0.1, 0.15) is 0 Å². The van der Waals surface area contributed by atoms with Crippen molar-refractivity contribution in [1.29, 1.82) is 0 Å². The smallest absolute Gasteiger partial charge is 0.360 e. The van der Waals surface area contributed by atoms with Gasteiger partial charge in [0.2, 0.25) is 0 Å². The summed E-state index contributed by atoms with van der Waals surface area (Å²) >= 11 is 0. The van der Waals surface area contributed by atoms with Gasteiger partial charge in [0, 0.05) is 7.11 Å². The molecule has 64 valence electrons. The Morgan fingerprint density at radius 3 is 2.55 bits per heavy atom. The van der Waals surface area contributed by atoms with Gasteiger partial charge < -0.3 is 15.0 Å². The number of aliphatic hydroxyl groups excluding tert-OH is 1. The first-order chi connectivity index (χ1) is 5.33. The molecule has 0 aromatic carbocycles. The fraction of sp³-hybridized carbons (Fsp3) is 1.00. The van der Waals surface area contributed by atoms with Crippen LogP contribution in [0, 0.1) is 0 Å². The van der Waals surface area contributed by atoms with Gasteiger partial charge in [-0.3, -0.25) is 0 Å². The van der Waals surface area contributed by atoms with Crippen molar-refractivity contribution >= 4 is 7.62 Å². The zero-order valence-corrected chi connectivity index (χ0v) is 7.05. The summed E-state index contributed by atoms with van der Waals surface area (Å²) in [6.07, 6.45) is 3.95. The molecule has 1 saturated carbocycles. The maximum atomic E-state index is 9.19. The van der Waals surface area contributed by atoms with Crippen LogP contribution in [0.4, 0.5) is 0 Å². The van der Waals surface area contributed by atoms with E-state index in [2.05, 4.69) is 5.23 Å². The van der Waals surface area contributed by atoms with E-state index in [9.17, 15) is 5.11 Å². The van der Waals surface area contributed by atoms with Crippen molar-refractivity contribution < 1.29 is 9.76 Å². The second-order valence-electron chi connectivity index (χ2n) is 3.14. The van der Waals surface area contributed by atoms with E-state index < -0.39 is 0 Å². The van der Waals surface area contributed by atoms with Crippen molar-refractivity contribution in [2.24, 2.45) is 0 Å². The van der Waals surface area contributed by atoms with Crippen LogP contribution in [0.1, 0.15) is 25.7 Å². The predicted octanol–water partition coefficient (Wildman–Crippen LogP) is -0.208. The van der Waals surface area contributed by atoms with E-state index in [0.717, 1.165) is 25.7 Å². The third kappa shape index (κ3) is 3.23. The molecule has 0 unspecified atom stereocenters. The summed E-state index contributed by atoms with van der Waals surface area (Å²) in [5, 5.41) is 12.5. The maximum Gasteiger partial charge on any atom is 0.360 e. The van der Waals surface area contributed by atoms with Gasteiger partial charge in [-0.15, -0.1) is 0 Å². The maximum absolute atomic E-state index is 9.19. The first-order valence-electron chi connectivity index (χ1n) is 4.23. The minimum absolute atomic E-state index is 0.0596. The van der Waals surface area contributed by atoms with E-state index in [1.54, 1.807) is 7.11 Å². The van der Waals surface area contributed by atoms with E-state index in [1.807, 2.05) is 0 Å². The molecule has 0 aromatic heterocycles. The summed E-state index contributed by atoms with van der Waals surface area (Å²) < 4.78 is 4.90. The Hall–Kier alpha value is -0.0551. The number of hydrogen-bond donors (Lipinski definition) is 2. The van der Waals surface area contributed by atoms with E-state index in [0.29, 0.717) is 13.7 Å². The van der Waals surface area contributed by atoms with Crippen LogP contribution in [0.25, 0.3) is 0 Å². The molecule has 4 heteroatoms. The Balaban J connectivity index is 2.07. The average molecular weight is 157 g/mol. The first-order valence-corrected chi connectivity index (χ1v) is 4.23. The molecule has 0 atom stereocenters. The predicted molar refractivity (Wildman–Crippen MR) is 45.6 cm³/mol. The number of rotatable bonds is 3. The highest BCUT2D eigenvalue weighted by Gasteiger charge is 2.18. The van der Waals surface area contributed by atoms with Crippen LogP contribution in [-0.2, 0) is 4.65 Å². The lowest BCUT2D eigenvalue weighted by atomic mass is 9.91. The fourth-order valence-corrected chi connectivity index (χ4v) is 1.48. The first kappa shape index (κ1) is 9.04. The lowest BCUT2D eigenvalue weighted by molar-refractivity contribution is 0.120. The average Bonchev–Trinajstić information content (AvgIpc) is 2.04. The molecule has 0 saturated heterocycles. The molecule has 1 fully saturated rings. The quantitative estimate of drug-likeness (QED) is 0.557. The highest BCUT2D eigenvalue weighted by molar-refractivity contribution is 6.23. The summed E-state index contributed by atoms with van der Waals surface area (Å²) in [7, 11) is 2.31. The van der Waals surface area contributed by atoms with Gasteiger partial charge in [0.15, 0.2) is 0 Å².